The molecule has 0 aliphatic carbocycles. The van der Waals surface area contributed by atoms with Gasteiger partial charge in [-0.2, -0.15) is 0 Å². The summed E-state index contributed by atoms with van der Waals surface area (Å²) < 4.78 is 0. The van der Waals surface area contributed by atoms with Gasteiger partial charge in [-0.05, 0) is 29.5 Å². The van der Waals surface area contributed by atoms with E-state index in [0.29, 0.717) is 0 Å². The molecule has 90 valence electrons. The van der Waals surface area contributed by atoms with Gasteiger partial charge in [0, 0.05) is 19.3 Å². The first kappa shape index (κ1) is 13.1. The Hall–Kier alpha value is -0.980. The molecule has 0 fully saturated rings. The van der Waals surface area contributed by atoms with E-state index in [9.17, 15) is 0 Å². The van der Waals surface area contributed by atoms with E-state index in [1.807, 2.05) is 0 Å². The molecule has 0 saturated heterocycles. The van der Waals surface area contributed by atoms with Crippen LogP contribution in [0.5, 0.6) is 0 Å². The van der Waals surface area contributed by atoms with Crippen molar-refractivity contribution >= 4 is 5.69 Å². The molecule has 0 spiro atoms. The fourth-order valence-corrected chi connectivity index (χ4v) is 1.73. The summed E-state index contributed by atoms with van der Waals surface area (Å²) in [5.41, 5.74) is 2.98. The second kappa shape index (κ2) is 5.38. The summed E-state index contributed by atoms with van der Waals surface area (Å²) in [6.07, 6.45) is 2.51. The van der Waals surface area contributed by atoms with Crippen molar-refractivity contribution in [3.63, 3.8) is 0 Å². The van der Waals surface area contributed by atoms with E-state index in [0.717, 1.165) is 6.54 Å². The number of nitrogens with zero attached hydrogens (tertiary/aromatic N) is 1. The smallest absolute Gasteiger partial charge is 0.0366 e. The van der Waals surface area contributed by atoms with E-state index in [1.165, 1.54) is 24.1 Å². The van der Waals surface area contributed by atoms with E-state index in [1.54, 1.807) is 0 Å². The van der Waals surface area contributed by atoms with E-state index < -0.39 is 0 Å². The van der Waals surface area contributed by atoms with Crippen molar-refractivity contribution in [1.82, 2.24) is 0 Å². The maximum atomic E-state index is 2.35. The minimum absolute atomic E-state index is 0.238. The molecule has 0 atom stereocenters. The fourth-order valence-electron chi connectivity index (χ4n) is 1.73. The lowest BCUT2D eigenvalue weighted by molar-refractivity contribution is 0.590. The molecule has 0 bridgehead atoms. The molecule has 1 heteroatoms. The van der Waals surface area contributed by atoms with Crippen molar-refractivity contribution < 1.29 is 0 Å². The summed E-state index contributed by atoms with van der Waals surface area (Å²) in [6.45, 7) is 10.2. The first-order valence-electron chi connectivity index (χ1n) is 6.27. The third-order valence-electron chi connectivity index (χ3n) is 3.00. The van der Waals surface area contributed by atoms with Crippen LogP contribution in [0.3, 0.4) is 0 Å². The molecule has 16 heavy (non-hydrogen) atoms. The zero-order valence-electron chi connectivity index (χ0n) is 11.4. The monoisotopic (exact) mass is 219 g/mol. The van der Waals surface area contributed by atoms with Gasteiger partial charge in [0.15, 0.2) is 0 Å². The van der Waals surface area contributed by atoms with Crippen LogP contribution in [0.15, 0.2) is 24.3 Å². The number of rotatable bonds is 4. The van der Waals surface area contributed by atoms with Gasteiger partial charge in [-0.3, -0.25) is 0 Å². The maximum absolute atomic E-state index is 2.35. The topological polar surface area (TPSA) is 3.24 Å². The van der Waals surface area contributed by atoms with Gasteiger partial charge in [0.25, 0.3) is 0 Å². The van der Waals surface area contributed by atoms with Crippen molar-refractivity contribution in [3.8, 4) is 0 Å². The number of hydrogen-bond donors (Lipinski definition) is 0. The molecule has 0 radical (unpaired) electrons. The summed E-state index contributed by atoms with van der Waals surface area (Å²) in [5, 5.41) is 0. The number of anilines is 1. The zero-order valence-corrected chi connectivity index (χ0v) is 11.4. The maximum Gasteiger partial charge on any atom is 0.0366 e. The Morgan fingerprint density at radius 3 is 2.44 bits per heavy atom. The molecule has 0 aliphatic heterocycles. The molecule has 0 aliphatic rings. The largest absolute Gasteiger partial charge is 0.375 e. The molecule has 1 aromatic rings. The van der Waals surface area contributed by atoms with Crippen LogP contribution in [0.25, 0.3) is 0 Å². The molecule has 1 nitrogen and oxygen atoms in total. The van der Waals surface area contributed by atoms with Crippen LogP contribution in [0.1, 0.15) is 46.1 Å². The highest BCUT2D eigenvalue weighted by atomic mass is 15.1. The van der Waals surface area contributed by atoms with E-state index in [4.69, 9.17) is 0 Å². The van der Waals surface area contributed by atoms with Gasteiger partial charge in [0.2, 0.25) is 0 Å². The van der Waals surface area contributed by atoms with Crippen LogP contribution in [0.2, 0.25) is 0 Å². The molecule has 0 saturated carbocycles. The standard InChI is InChI=1S/C15H25N/c1-6-7-11-16(5)14-10-8-9-13(12-14)15(2,3)4/h8-10,12H,6-7,11H2,1-5H3. The Balaban J connectivity index is 2.82. The zero-order chi connectivity index (χ0) is 12.2. The summed E-state index contributed by atoms with van der Waals surface area (Å²) in [4.78, 5) is 2.35. The average molecular weight is 219 g/mol. The van der Waals surface area contributed by atoms with Crippen molar-refractivity contribution in [2.24, 2.45) is 0 Å². The minimum atomic E-state index is 0.238. The Bertz CT molecular complexity index is 322. The molecular formula is C15H25N. The van der Waals surface area contributed by atoms with E-state index in [-0.39, 0.29) is 5.41 Å². The first-order valence-corrected chi connectivity index (χ1v) is 6.27. The Morgan fingerprint density at radius 2 is 1.88 bits per heavy atom. The summed E-state index contributed by atoms with van der Waals surface area (Å²) in [6, 6.07) is 8.90. The molecule has 1 aromatic carbocycles. The molecular weight excluding hydrogens is 194 g/mol. The van der Waals surface area contributed by atoms with Crippen molar-refractivity contribution in [2.45, 2.75) is 46.0 Å². The molecule has 1 rings (SSSR count). The van der Waals surface area contributed by atoms with Crippen LogP contribution in [-0.4, -0.2) is 13.6 Å². The summed E-state index contributed by atoms with van der Waals surface area (Å²) in [5.74, 6) is 0. The number of unbranched alkanes of at least 4 members (excludes halogenated alkanes) is 1. The van der Waals surface area contributed by atoms with Crippen LogP contribution in [0.4, 0.5) is 5.69 Å². The van der Waals surface area contributed by atoms with Crippen molar-refractivity contribution in [3.05, 3.63) is 29.8 Å². The molecule has 0 aromatic heterocycles. The third-order valence-corrected chi connectivity index (χ3v) is 3.00. The Morgan fingerprint density at radius 1 is 1.19 bits per heavy atom. The van der Waals surface area contributed by atoms with Gasteiger partial charge >= 0.3 is 0 Å². The lowest BCUT2D eigenvalue weighted by Gasteiger charge is -2.24. The van der Waals surface area contributed by atoms with Crippen molar-refractivity contribution in [2.75, 3.05) is 18.5 Å². The second-order valence-corrected chi connectivity index (χ2v) is 5.58. The fraction of sp³-hybridized carbons (Fsp3) is 0.600. The van der Waals surface area contributed by atoms with Crippen LogP contribution in [-0.2, 0) is 5.41 Å². The first-order chi connectivity index (χ1) is 7.45. The normalized spacial score (nSPS) is 11.6. The highest BCUT2D eigenvalue weighted by Gasteiger charge is 2.14. The Labute approximate surface area is 100 Å². The van der Waals surface area contributed by atoms with Crippen LogP contribution >= 0.6 is 0 Å². The molecule has 0 amide bonds. The van der Waals surface area contributed by atoms with Gasteiger partial charge in [-0.25, -0.2) is 0 Å². The molecule has 0 unspecified atom stereocenters. The van der Waals surface area contributed by atoms with Crippen molar-refractivity contribution in [1.29, 1.82) is 0 Å². The highest BCUT2D eigenvalue weighted by molar-refractivity contribution is 5.49. The van der Waals surface area contributed by atoms with Gasteiger partial charge in [0.05, 0.1) is 0 Å². The Kier molecular flexibility index (Phi) is 4.40. The lowest BCUT2D eigenvalue weighted by atomic mass is 9.87. The predicted molar refractivity (Wildman–Crippen MR) is 73.3 cm³/mol. The number of benzene rings is 1. The van der Waals surface area contributed by atoms with Crippen LogP contribution in [0, 0.1) is 0 Å². The van der Waals surface area contributed by atoms with Gasteiger partial charge < -0.3 is 4.90 Å². The average Bonchev–Trinajstić information content (AvgIpc) is 2.25. The molecule has 0 N–H and O–H groups in total. The predicted octanol–water partition coefficient (Wildman–Crippen LogP) is 4.22. The van der Waals surface area contributed by atoms with Crippen LogP contribution < -0.4 is 4.90 Å². The summed E-state index contributed by atoms with van der Waals surface area (Å²) in [7, 11) is 2.18. The summed E-state index contributed by atoms with van der Waals surface area (Å²) >= 11 is 0. The SMILES string of the molecule is CCCCN(C)c1cccc(C(C)(C)C)c1. The third kappa shape index (κ3) is 3.55. The highest BCUT2D eigenvalue weighted by Crippen LogP contribution is 2.25. The lowest BCUT2D eigenvalue weighted by Crippen LogP contribution is -2.19. The quantitative estimate of drug-likeness (QED) is 0.733. The minimum Gasteiger partial charge on any atom is -0.375 e. The van der Waals surface area contributed by atoms with Gasteiger partial charge in [-0.1, -0.05) is 46.2 Å². The van der Waals surface area contributed by atoms with E-state index in [2.05, 4.69) is 63.9 Å². The van der Waals surface area contributed by atoms with Gasteiger partial charge in [-0.15, -0.1) is 0 Å². The van der Waals surface area contributed by atoms with Gasteiger partial charge in [0.1, 0.15) is 0 Å². The number of hydrogen-bond acceptors (Lipinski definition) is 1. The molecule has 0 heterocycles. The second-order valence-electron chi connectivity index (χ2n) is 5.58. The van der Waals surface area contributed by atoms with E-state index >= 15 is 0 Å².